The molecule has 1 heterocycles. The topological polar surface area (TPSA) is 74.4 Å². The Hall–Kier alpha value is -2.56. The predicted molar refractivity (Wildman–Crippen MR) is 71.1 cm³/mol. The molecule has 0 saturated heterocycles. The van der Waals surface area contributed by atoms with E-state index in [-0.39, 0.29) is 11.4 Å². The van der Waals surface area contributed by atoms with Crippen molar-refractivity contribution < 1.29 is 14.3 Å². The second kappa shape index (κ2) is 5.86. The van der Waals surface area contributed by atoms with Gasteiger partial charge in [-0.25, -0.2) is 9.78 Å². The minimum Gasteiger partial charge on any atom is -0.462 e. The van der Waals surface area contributed by atoms with Crippen LogP contribution in [0.5, 0.6) is 11.6 Å². The summed E-state index contributed by atoms with van der Waals surface area (Å²) in [7, 11) is 0. The second-order valence-electron chi connectivity index (χ2n) is 3.75. The maximum atomic E-state index is 11.8. The Morgan fingerprint density at radius 3 is 2.89 bits per heavy atom. The van der Waals surface area contributed by atoms with Crippen LogP contribution >= 0.6 is 0 Å². The third kappa shape index (κ3) is 3.22. The maximum absolute atomic E-state index is 11.8. The lowest BCUT2D eigenvalue weighted by Gasteiger charge is -2.09. The fraction of sp³-hybridized carbons (Fsp3) is 0.143. The number of anilines is 1. The van der Waals surface area contributed by atoms with Crippen LogP contribution in [0.3, 0.4) is 0 Å². The molecule has 0 saturated carbocycles. The zero-order valence-corrected chi connectivity index (χ0v) is 10.5. The van der Waals surface area contributed by atoms with Gasteiger partial charge in [0.1, 0.15) is 11.3 Å². The lowest BCUT2D eigenvalue weighted by Crippen LogP contribution is -2.07. The van der Waals surface area contributed by atoms with Crippen molar-refractivity contribution in [3.05, 3.63) is 48.2 Å². The van der Waals surface area contributed by atoms with E-state index < -0.39 is 5.97 Å². The van der Waals surface area contributed by atoms with Gasteiger partial charge in [-0.15, -0.1) is 0 Å². The van der Waals surface area contributed by atoms with Crippen LogP contribution in [0.4, 0.5) is 5.69 Å². The van der Waals surface area contributed by atoms with Crippen molar-refractivity contribution in [2.24, 2.45) is 0 Å². The molecule has 0 unspecified atom stereocenters. The number of hydrogen-bond acceptors (Lipinski definition) is 5. The van der Waals surface area contributed by atoms with Gasteiger partial charge in [-0.1, -0.05) is 6.07 Å². The van der Waals surface area contributed by atoms with Gasteiger partial charge in [0.15, 0.2) is 0 Å². The molecule has 2 N–H and O–H groups in total. The van der Waals surface area contributed by atoms with Gasteiger partial charge in [0.25, 0.3) is 0 Å². The number of nitrogen functional groups attached to an aromatic ring is 1. The molecule has 0 atom stereocenters. The number of ether oxygens (including phenoxy) is 2. The largest absolute Gasteiger partial charge is 0.462 e. The molecule has 2 rings (SSSR count). The first-order valence-electron chi connectivity index (χ1n) is 5.86. The molecule has 0 fully saturated rings. The molecule has 0 radical (unpaired) electrons. The Kier molecular flexibility index (Phi) is 3.97. The molecule has 1 aromatic heterocycles. The lowest BCUT2D eigenvalue weighted by atomic mass is 10.2. The number of carbonyl (C=O) groups excluding carboxylic acids is 1. The molecular weight excluding hydrogens is 244 g/mol. The molecule has 1 aromatic carbocycles. The minimum absolute atomic E-state index is 0.201. The van der Waals surface area contributed by atoms with Gasteiger partial charge in [0, 0.05) is 18.0 Å². The normalized spacial score (nSPS) is 9.95. The van der Waals surface area contributed by atoms with E-state index in [2.05, 4.69) is 4.98 Å². The molecule has 2 aromatic rings. The van der Waals surface area contributed by atoms with Crippen LogP contribution in [-0.2, 0) is 4.74 Å². The number of aromatic nitrogens is 1. The van der Waals surface area contributed by atoms with E-state index in [4.69, 9.17) is 15.2 Å². The van der Waals surface area contributed by atoms with Crippen molar-refractivity contribution in [3.8, 4) is 11.6 Å². The van der Waals surface area contributed by atoms with Crippen LogP contribution in [0.15, 0.2) is 42.6 Å². The standard InChI is InChI=1S/C14H14N2O3/c1-2-18-14(17)12-7-4-8-16-13(12)19-11-6-3-5-10(15)9-11/h3-9H,2,15H2,1H3. The van der Waals surface area contributed by atoms with Crippen molar-refractivity contribution in [1.82, 2.24) is 4.98 Å². The highest BCUT2D eigenvalue weighted by molar-refractivity contribution is 5.91. The van der Waals surface area contributed by atoms with Crippen LogP contribution in [-0.4, -0.2) is 17.6 Å². The van der Waals surface area contributed by atoms with Gasteiger partial charge in [0.2, 0.25) is 5.88 Å². The highest BCUT2D eigenvalue weighted by atomic mass is 16.5. The zero-order valence-electron chi connectivity index (χ0n) is 10.5. The lowest BCUT2D eigenvalue weighted by molar-refractivity contribution is 0.0522. The molecule has 98 valence electrons. The van der Waals surface area contributed by atoms with Gasteiger partial charge < -0.3 is 15.2 Å². The summed E-state index contributed by atoms with van der Waals surface area (Å²) in [4.78, 5) is 15.8. The third-order valence-corrected chi connectivity index (χ3v) is 2.34. The summed E-state index contributed by atoms with van der Waals surface area (Å²) in [6.45, 7) is 2.04. The van der Waals surface area contributed by atoms with Crippen LogP contribution in [0.25, 0.3) is 0 Å². The summed E-state index contributed by atoms with van der Waals surface area (Å²) in [6.07, 6.45) is 1.55. The van der Waals surface area contributed by atoms with Gasteiger partial charge in [-0.2, -0.15) is 0 Å². The van der Waals surface area contributed by atoms with E-state index in [1.165, 1.54) is 0 Å². The Balaban J connectivity index is 2.27. The molecule has 0 aliphatic carbocycles. The first kappa shape index (κ1) is 12.9. The molecule has 0 aliphatic heterocycles. The summed E-state index contributed by atoms with van der Waals surface area (Å²) in [5.74, 6) is 0.255. The molecule has 19 heavy (non-hydrogen) atoms. The summed E-state index contributed by atoms with van der Waals surface area (Å²) in [5, 5.41) is 0. The molecule has 5 heteroatoms. The summed E-state index contributed by atoms with van der Waals surface area (Å²) in [5.41, 5.74) is 6.52. The van der Waals surface area contributed by atoms with Crippen LogP contribution < -0.4 is 10.5 Å². The van der Waals surface area contributed by atoms with Crippen LogP contribution in [0.1, 0.15) is 17.3 Å². The van der Waals surface area contributed by atoms with Gasteiger partial charge in [0.05, 0.1) is 6.61 Å². The molecule has 0 spiro atoms. The van der Waals surface area contributed by atoms with Crippen LogP contribution in [0, 0.1) is 0 Å². The SMILES string of the molecule is CCOC(=O)c1cccnc1Oc1cccc(N)c1. The quantitative estimate of drug-likeness (QED) is 0.674. The summed E-state index contributed by atoms with van der Waals surface area (Å²) >= 11 is 0. The Bertz CT molecular complexity index is 584. The van der Waals surface area contributed by atoms with Gasteiger partial charge in [-0.05, 0) is 31.2 Å². The molecule has 0 aliphatic rings. The van der Waals surface area contributed by atoms with E-state index in [1.54, 1.807) is 49.5 Å². The fourth-order valence-electron chi connectivity index (χ4n) is 1.53. The number of nitrogens with zero attached hydrogens (tertiary/aromatic N) is 1. The number of hydrogen-bond donors (Lipinski definition) is 1. The number of rotatable bonds is 4. The average Bonchev–Trinajstić information content (AvgIpc) is 2.39. The predicted octanol–water partition coefficient (Wildman–Crippen LogP) is 2.63. The summed E-state index contributed by atoms with van der Waals surface area (Å²) < 4.78 is 10.5. The van der Waals surface area contributed by atoms with Crippen molar-refractivity contribution in [2.45, 2.75) is 6.92 Å². The average molecular weight is 258 g/mol. The van der Waals surface area contributed by atoms with Crippen molar-refractivity contribution in [2.75, 3.05) is 12.3 Å². The van der Waals surface area contributed by atoms with Crippen molar-refractivity contribution in [1.29, 1.82) is 0 Å². The molecular formula is C14H14N2O3. The number of nitrogens with two attached hydrogens (primary N) is 1. The number of carbonyl (C=O) groups is 1. The molecule has 5 nitrogen and oxygen atoms in total. The Labute approximate surface area is 111 Å². The second-order valence-corrected chi connectivity index (χ2v) is 3.75. The van der Waals surface area contributed by atoms with E-state index in [9.17, 15) is 4.79 Å². The highest BCUT2D eigenvalue weighted by Crippen LogP contribution is 2.24. The van der Waals surface area contributed by atoms with E-state index in [0.717, 1.165) is 0 Å². The number of benzene rings is 1. The first-order valence-corrected chi connectivity index (χ1v) is 5.86. The minimum atomic E-state index is -0.463. The fourth-order valence-corrected chi connectivity index (χ4v) is 1.53. The maximum Gasteiger partial charge on any atom is 0.343 e. The number of pyridine rings is 1. The van der Waals surface area contributed by atoms with Crippen LogP contribution in [0.2, 0.25) is 0 Å². The smallest absolute Gasteiger partial charge is 0.343 e. The summed E-state index contributed by atoms with van der Waals surface area (Å²) in [6, 6.07) is 10.2. The molecule has 0 bridgehead atoms. The Morgan fingerprint density at radius 2 is 2.16 bits per heavy atom. The van der Waals surface area contributed by atoms with Crippen molar-refractivity contribution >= 4 is 11.7 Å². The van der Waals surface area contributed by atoms with Crippen molar-refractivity contribution in [3.63, 3.8) is 0 Å². The Morgan fingerprint density at radius 1 is 1.32 bits per heavy atom. The first-order chi connectivity index (χ1) is 9.20. The zero-order chi connectivity index (χ0) is 13.7. The van der Waals surface area contributed by atoms with E-state index >= 15 is 0 Å². The van der Waals surface area contributed by atoms with E-state index in [0.29, 0.717) is 18.0 Å². The molecule has 0 amide bonds. The monoisotopic (exact) mass is 258 g/mol. The number of esters is 1. The third-order valence-electron chi connectivity index (χ3n) is 2.34. The van der Waals surface area contributed by atoms with Gasteiger partial charge in [-0.3, -0.25) is 0 Å². The van der Waals surface area contributed by atoms with E-state index in [1.807, 2.05) is 0 Å². The highest BCUT2D eigenvalue weighted by Gasteiger charge is 2.15. The van der Waals surface area contributed by atoms with Gasteiger partial charge >= 0.3 is 5.97 Å².